The van der Waals surface area contributed by atoms with E-state index in [9.17, 15) is 26.4 Å². The topological polar surface area (TPSA) is 69.7 Å². The maximum Gasteiger partial charge on any atom is 0.416 e. The van der Waals surface area contributed by atoms with E-state index in [-0.39, 0.29) is 5.02 Å². The molecule has 0 aromatic heterocycles. The minimum absolute atomic E-state index is 0.364. The fourth-order valence-electron chi connectivity index (χ4n) is 3.33. The molecule has 1 N–H and O–H groups in total. The van der Waals surface area contributed by atoms with Crippen LogP contribution < -0.4 is 9.62 Å². The van der Waals surface area contributed by atoms with Crippen molar-refractivity contribution in [2.45, 2.75) is 24.0 Å². The van der Waals surface area contributed by atoms with Crippen molar-refractivity contribution in [3.05, 3.63) is 59.1 Å². The van der Waals surface area contributed by atoms with Gasteiger partial charge in [0.1, 0.15) is 4.90 Å². The second kappa shape index (κ2) is 9.05. The number of para-hydroxylation sites is 1. The predicted molar refractivity (Wildman–Crippen MR) is 111 cm³/mol. The lowest BCUT2D eigenvalue weighted by molar-refractivity contribution is -0.137. The van der Waals surface area contributed by atoms with Gasteiger partial charge in [-0.05, 0) is 37.3 Å². The normalized spacial score (nSPS) is 16.3. The molecule has 1 fully saturated rings. The fraction of sp³-hybridized carbons (Fsp3) is 0.350. The van der Waals surface area contributed by atoms with Crippen molar-refractivity contribution in [3.63, 3.8) is 0 Å². The molecule has 1 aliphatic heterocycles. The molecule has 0 saturated carbocycles. The lowest BCUT2D eigenvalue weighted by atomic mass is 10.2. The fourth-order valence-corrected chi connectivity index (χ4v) is 5.05. The van der Waals surface area contributed by atoms with Gasteiger partial charge in [0, 0.05) is 31.9 Å². The Morgan fingerprint density at radius 1 is 1.06 bits per heavy atom. The first-order chi connectivity index (χ1) is 14.5. The molecule has 1 unspecified atom stereocenters. The van der Waals surface area contributed by atoms with Crippen LogP contribution in [0.3, 0.4) is 0 Å². The van der Waals surface area contributed by atoms with E-state index in [1.165, 1.54) is 11.8 Å². The average molecular weight is 476 g/mol. The van der Waals surface area contributed by atoms with Gasteiger partial charge in [-0.3, -0.25) is 4.79 Å². The number of hydrogen-bond donors (Lipinski definition) is 1. The summed E-state index contributed by atoms with van der Waals surface area (Å²) in [5, 5.41) is -0.364. The smallest absolute Gasteiger partial charge is 0.368 e. The zero-order chi connectivity index (χ0) is 22.8. The highest BCUT2D eigenvalue weighted by atomic mass is 35.5. The zero-order valence-corrected chi connectivity index (χ0v) is 18.1. The summed E-state index contributed by atoms with van der Waals surface area (Å²) in [5.41, 5.74) is -0.115. The van der Waals surface area contributed by atoms with Gasteiger partial charge in [-0.25, -0.2) is 8.42 Å². The van der Waals surface area contributed by atoms with Crippen LogP contribution in [-0.4, -0.2) is 51.4 Å². The Balaban J connectivity index is 1.67. The number of carbonyl (C=O) groups excluding carboxylic acids is 1. The first kappa shape index (κ1) is 23.4. The predicted octanol–water partition coefficient (Wildman–Crippen LogP) is 3.37. The van der Waals surface area contributed by atoms with Crippen LogP contribution in [0.2, 0.25) is 5.02 Å². The van der Waals surface area contributed by atoms with E-state index in [1.54, 1.807) is 0 Å². The summed E-state index contributed by atoms with van der Waals surface area (Å²) >= 11 is 5.83. The Labute approximate surface area is 183 Å². The minimum Gasteiger partial charge on any atom is -0.368 e. The van der Waals surface area contributed by atoms with Gasteiger partial charge in [0.15, 0.2) is 0 Å². The summed E-state index contributed by atoms with van der Waals surface area (Å²) in [4.78, 5) is 15.6. The van der Waals surface area contributed by atoms with Crippen molar-refractivity contribution in [3.8, 4) is 0 Å². The number of nitrogens with zero attached hydrogens (tertiary/aromatic N) is 2. The molecule has 168 valence electrons. The quantitative estimate of drug-likeness (QED) is 0.720. The molecule has 6 nitrogen and oxygen atoms in total. The van der Waals surface area contributed by atoms with Gasteiger partial charge in [0.05, 0.1) is 16.6 Å². The number of nitrogens with one attached hydrogen (secondary N) is 1. The maximum atomic E-state index is 13.0. The number of halogens is 4. The molecule has 1 saturated heterocycles. The Bertz CT molecular complexity index is 1040. The number of benzene rings is 2. The van der Waals surface area contributed by atoms with Gasteiger partial charge in [0.2, 0.25) is 15.9 Å². The SMILES string of the molecule is CC(NS(=O)(=O)c1cc(C(F)(F)F)ccc1Cl)C(=O)N1CCN(c2ccccc2)CC1. The highest BCUT2D eigenvalue weighted by Gasteiger charge is 2.34. The third-order valence-corrected chi connectivity index (χ3v) is 6.99. The third kappa shape index (κ3) is 5.50. The highest BCUT2D eigenvalue weighted by molar-refractivity contribution is 7.89. The molecule has 31 heavy (non-hydrogen) atoms. The second-order valence-electron chi connectivity index (χ2n) is 7.13. The molecule has 1 atom stereocenters. The minimum atomic E-state index is -4.73. The van der Waals surface area contributed by atoms with E-state index in [1.807, 2.05) is 30.3 Å². The number of carbonyl (C=O) groups is 1. The summed E-state index contributed by atoms with van der Waals surface area (Å²) in [7, 11) is -4.45. The Morgan fingerprint density at radius 3 is 2.26 bits per heavy atom. The van der Waals surface area contributed by atoms with E-state index in [0.29, 0.717) is 38.3 Å². The van der Waals surface area contributed by atoms with Gasteiger partial charge >= 0.3 is 6.18 Å². The van der Waals surface area contributed by atoms with Crippen molar-refractivity contribution >= 4 is 33.2 Å². The summed E-state index contributed by atoms with van der Waals surface area (Å²) in [6, 6.07) is 10.5. The Morgan fingerprint density at radius 2 is 1.68 bits per heavy atom. The largest absolute Gasteiger partial charge is 0.416 e. The summed E-state index contributed by atoms with van der Waals surface area (Å²) in [5.74, 6) is -0.459. The number of amides is 1. The van der Waals surface area contributed by atoms with Gasteiger partial charge in [-0.1, -0.05) is 29.8 Å². The van der Waals surface area contributed by atoms with Gasteiger partial charge < -0.3 is 9.80 Å². The van der Waals surface area contributed by atoms with E-state index in [4.69, 9.17) is 11.6 Å². The van der Waals surface area contributed by atoms with Crippen LogP contribution in [0.15, 0.2) is 53.4 Å². The molecule has 0 aliphatic carbocycles. The van der Waals surface area contributed by atoms with Crippen LogP contribution >= 0.6 is 11.6 Å². The van der Waals surface area contributed by atoms with E-state index < -0.39 is 38.6 Å². The first-order valence-corrected chi connectivity index (χ1v) is 11.3. The first-order valence-electron chi connectivity index (χ1n) is 9.47. The molecular weight excluding hydrogens is 455 g/mol. The van der Waals surface area contributed by atoms with Crippen molar-refractivity contribution in [2.24, 2.45) is 0 Å². The maximum absolute atomic E-state index is 13.0. The molecule has 11 heteroatoms. The molecule has 1 amide bonds. The number of rotatable bonds is 5. The molecule has 0 bridgehead atoms. The summed E-state index contributed by atoms with van der Waals surface area (Å²) < 4.78 is 66.3. The summed E-state index contributed by atoms with van der Waals surface area (Å²) in [6.07, 6.45) is -4.73. The molecule has 1 heterocycles. The van der Waals surface area contributed by atoms with E-state index >= 15 is 0 Å². The Hall–Kier alpha value is -2.30. The number of hydrogen-bond acceptors (Lipinski definition) is 4. The third-order valence-electron chi connectivity index (χ3n) is 4.96. The Kier molecular flexibility index (Phi) is 6.82. The van der Waals surface area contributed by atoms with Gasteiger partial charge in [-0.2, -0.15) is 17.9 Å². The van der Waals surface area contributed by atoms with Crippen LogP contribution in [0, 0.1) is 0 Å². The van der Waals surface area contributed by atoms with Crippen molar-refractivity contribution < 1.29 is 26.4 Å². The standard InChI is InChI=1S/C20H21ClF3N3O3S/c1-14(19(28)27-11-9-26(10-12-27)16-5-3-2-4-6-16)25-31(29,30)18-13-15(20(22,23)24)7-8-17(18)21/h2-8,13-14,25H,9-12H2,1H3. The molecular formula is C20H21ClF3N3O3S. The molecule has 2 aromatic rings. The molecule has 3 rings (SSSR count). The van der Waals surface area contributed by atoms with Crippen LogP contribution in [0.1, 0.15) is 12.5 Å². The lowest BCUT2D eigenvalue weighted by Crippen LogP contribution is -2.54. The highest BCUT2D eigenvalue weighted by Crippen LogP contribution is 2.33. The second-order valence-corrected chi connectivity index (χ2v) is 9.22. The number of piperazine rings is 1. The average Bonchev–Trinajstić information content (AvgIpc) is 2.73. The number of sulfonamides is 1. The van der Waals surface area contributed by atoms with E-state index in [0.717, 1.165) is 11.8 Å². The van der Waals surface area contributed by atoms with Gasteiger partial charge in [-0.15, -0.1) is 0 Å². The van der Waals surface area contributed by atoms with Crippen LogP contribution in [0.5, 0.6) is 0 Å². The van der Waals surface area contributed by atoms with Crippen molar-refractivity contribution in [1.29, 1.82) is 0 Å². The summed E-state index contributed by atoms with van der Waals surface area (Å²) in [6.45, 7) is 3.29. The number of alkyl halides is 3. The van der Waals surface area contributed by atoms with Gasteiger partial charge in [0.25, 0.3) is 0 Å². The van der Waals surface area contributed by atoms with Crippen molar-refractivity contribution in [1.82, 2.24) is 9.62 Å². The zero-order valence-electron chi connectivity index (χ0n) is 16.6. The monoisotopic (exact) mass is 475 g/mol. The molecule has 0 spiro atoms. The van der Waals surface area contributed by atoms with E-state index in [2.05, 4.69) is 9.62 Å². The molecule has 1 aliphatic rings. The van der Waals surface area contributed by atoms with Crippen molar-refractivity contribution in [2.75, 3.05) is 31.1 Å². The van der Waals surface area contributed by atoms with Crippen LogP contribution in [0.4, 0.5) is 18.9 Å². The lowest BCUT2D eigenvalue weighted by Gasteiger charge is -2.37. The number of anilines is 1. The molecule has 2 aromatic carbocycles. The van der Waals surface area contributed by atoms with Crippen LogP contribution in [-0.2, 0) is 21.0 Å². The molecule has 0 radical (unpaired) electrons. The van der Waals surface area contributed by atoms with Crippen LogP contribution in [0.25, 0.3) is 0 Å².